The van der Waals surface area contributed by atoms with Gasteiger partial charge in [0.15, 0.2) is 9.84 Å². The summed E-state index contributed by atoms with van der Waals surface area (Å²) in [5.74, 6) is 0. The SMILES string of the molecule is Cc1c(Cl)cc(-c2ccccc2-c2ccc(S(C)(=O)=O)cc2)cc1Cl. The van der Waals surface area contributed by atoms with Crippen molar-refractivity contribution in [2.45, 2.75) is 11.8 Å². The van der Waals surface area contributed by atoms with Crippen LogP contribution in [0.15, 0.2) is 65.6 Å². The standard InChI is InChI=1S/C20H16Cl2O2S/c1-13-19(21)11-15(12-20(13)22)18-6-4-3-5-17(18)14-7-9-16(10-8-14)25(2,23)24/h3-12H,1-2H3. The van der Waals surface area contributed by atoms with E-state index in [4.69, 9.17) is 23.2 Å². The summed E-state index contributed by atoms with van der Waals surface area (Å²) in [5.41, 5.74) is 4.67. The lowest BCUT2D eigenvalue weighted by molar-refractivity contribution is 0.602. The predicted molar refractivity (Wildman–Crippen MR) is 105 cm³/mol. The Bertz CT molecular complexity index is 1020. The predicted octanol–water partition coefficient (Wildman–Crippen LogP) is 6.04. The first-order valence-corrected chi connectivity index (χ1v) is 10.3. The Balaban J connectivity index is 2.14. The first-order chi connectivity index (χ1) is 11.8. The number of sulfone groups is 1. The van der Waals surface area contributed by atoms with Crippen molar-refractivity contribution < 1.29 is 8.42 Å². The van der Waals surface area contributed by atoms with E-state index in [1.54, 1.807) is 12.1 Å². The fourth-order valence-corrected chi connectivity index (χ4v) is 3.79. The van der Waals surface area contributed by atoms with Crippen LogP contribution in [0.25, 0.3) is 22.3 Å². The average molecular weight is 391 g/mol. The van der Waals surface area contributed by atoms with Gasteiger partial charge in [0.25, 0.3) is 0 Å². The van der Waals surface area contributed by atoms with Crippen LogP contribution >= 0.6 is 23.2 Å². The molecule has 0 aliphatic carbocycles. The molecule has 0 radical (unpaired) electrons. The molecule has 128 valence electrons. The minimum absolute atomic E-state index is 0.301. The fraction of sp³-hybridized carbons (Fsp3) is 0.100. The lowest BCUT2D eigenvalue weighted by Crippen LogP contribution is -1.96. The van der Waals surface area contributed by atoms with E-state index < -0.39 is 9.84 Å². The van der Waals surface area contributed by atoms with E-state index in [0.29, 0.717) is 14.9 Å². The van der Waals surface area contributed by atoms with Crippen LogP contribution in [0.5, 0.6) is 0 Å². The van der Waals surface area contributed by atoms with Crippen molar-refractivity contribution in [1.82, 2.24) is 0 Å². The molecule has 0 aliphatic heterocycles. The van der Waals surface area contributed by atoms with Crippen molar-refractivity contribution in [2.24, 2.45) is 0 Å². The Hall–Kier alpha value is -1.81. The van der Waals surface area contributed by atoms with Gasteiger partial charge < -0.3 is 0 Å². The molecule has 0 amide bonds. The molecule has 3 aromatic rings. The van der Waals surface area contributed by atoms with Gasteiger partial charge >= 0.3 is 0 Å². The molecule has 0 spiro atoms. The van der Waals surface area contributed by atoms with Crippen molar-refractivity contribution in [2.75, 3.05) is 6.26 Å². The second kappa shape index (κ2) is 6.83. The summed E-state index contributed by atoms with van der Waals surface area (Å²) in [6, 6.07) is 18.5. The van der Waals surface area contributed by atoms with Crippen LogP contribution in [0, 0.1) is 6.92 Å². The summed E-state index contributed by atoms with van der Waals surface area (Å²) in [6.45, 7) is 1.88. The molecule has 3 rings (SSSR count). The summed E-state index contributed by atoms with van der Waals surface area (Å²) in [7, 11) is -3.21. The lowest BCUT2D eigenvalue weighted by atomic mass is 9.94. The van der Waals surface area contributed by atoms with Gasteiger partial charge in [-0.3, -0.25) is 0 Å². The smallest absolute Gasteiger partial charge is 0.175 e. The third-order valence-electron chi connectivity index (χ3n) is 4.11. The monoisotopic (exact) mass is 390 g/mol. The molecular formula is C20H16Cl2O2S. The highest BCUT2D eigenvalue weighted by molar-refractivity contribution is 7.90. The van der Waals surface area contributed by atoms with E-state index in [9.17, 15) is 8.42 Å². The molecule has 0 aromatic heterocycles. The molecular weight excluding hydrogens is 375 g/mol. The topological polar surface area (TPSA) is 34.1 Å². The minimum Gasteiger partial charge on any atom is -0.224 e. The van der Waals surface area contributed by atoms with E-state index >= 15 is 0 Å². The van der Waals surface area contributed by atoms with Gasteiger partial charge in [0.1, 0.15) is 0 Å². The summed E-state index contributed by atoms with van der Waals surface area (Å²) < 4.78 is 23.3. The van der Waals surface area contributed by atoms with Gasteiger partial charge in [0, 0.05) is 16.3 Å². The largest absolute Gasteiger partial charge is 0.224 e. The van der Waals surface area contributed by atoms with Gasteiger partial charge in [-0.15, -0.1) is 0 Å². The van der Waals surface area contributed by atoms with Gasteiger partial charge in [0.2, 0.25) is 0 Å². The third-order valence-corrected chi connectivity index (χ3v) is 6.03. The van der Waals surface area contributed by atoms with Crippen LogP contribution < -0.4 is 0 Å². The van der Waals surface area contributed by atoms with Crippen LogP contribution in [0.3, 0.4) is 0 Å². The number of benzene rings is 3. The highest BCUT2D eigenvalue weighted by Crippen LogP contribution is 2.36. The van der Waals surface area contributed by atoms with Crippen LogP contribution in [-0.4, -0.2) is 14.7 Å². The number of hydrogen-bond donors (Lipinski definition) is 0. The van der Waals surface area contributed by atoms with E-state index in [-0.39, 0.29) is 0 Å². The van der Waals surface area contributed by atoms with Crippen molar-refractivity contribution in [3.05, 3.63) is 76.3 Å². The Morgan fingerprint density at radius 3 is 1.72 bits per heavy atom. The molecule has 2 nitrogen and oxygen atoms in total. The minimum atomic E-state index is -3.21. The third kappa shape index (κ3) is 3.74. The highest BCUT2D eigenvalue weighted by atomic mass is 35.5. The maximum Gasteiger partial charge on any atom is 0.175 e. The second-order valence-electron chi connectivity index (χ2n) is 5.91. The molecule has 0 aliphatic rings. The van der Waals surface area contributed by atoms with Gasteiger partial charge in [-0.05, 0) is 59.0 Å². The van der Waals surface area contributed by atoms with Gasteiger partial charge in [-0.2, -0.15) is 0 Å². The zero-order valence-corrected chi connectivity index (χ0v) is 16.1. The Labute approximate surface area is 158 Å². The number of hydrogen-bond acceptors (Lipinski definition) is 2. The van der Waals surface area contributed by atoms with E-state index in [1.165, 1.54) is 6.26 Å². The molecule has 0 saturated heterocycles. The normalized spacial score (nSPS) is 11.5. The Morgan fingerprint density at radius 2 is 1.24 bits per heavy atom. The average Bonchev–Trinajstić information content (AvgIpc) is 2.58. The van der Waals surface area contributed by atoms with Gasteiger partial charge in [0.05, 0.1) is 4.90 Å². The summed E-state index contributed by atoms with van der Waals surface area (Å²) in [6.07, 6.45) is 1.20. The molecule has 0 atom stereocenters. The van der Waals surface area contributed by atoms with Crippen LogP contribution in [-0.2, 0) is 9.84 Å². The second-order valence-corrected chi connectivity index (χ2v) is 8.74. The molecule has 25 heavy (non-hydrogen) atoms. The van der Waals surface area contributed by atoms with E-state index in [1.807, 2.05) is 55.5 Å². The molecule has 0 N–H and O–H groups in total. The zero-order chi connectivity index (χ0) is 18.2. The molecule has 3 aromatic carbocycles. The highest BCUT2D eigenvalue weighted by Gasteiger charge is 2.12. The summed E-state index contributed by atoms with van der Waals surface area (Å²) in [4.78, 5) is 0.301. The fourth-order valence-electron chi connectivity index (χ4n) is 2.67. The van der Waals surface area contributed by atoms with E-state index in [0.717, 1.165) is 27.8 Å². The van der Waals surface area contributed by atoms with Crippen LogP contribution in [0.2, 0.25) is 10.0 Å². The number of halogens is 2. The molecule has 0 fully saturated rings. The van der Waals surface area contributed by atoms with Gasteiger partial charge in [-0.1, -0.05) is 59.6 Å². The molecule has 0 saturated carbocycles. The van der Waals surface area contributed by atoms with E-state index in [2.05, 4.69) is 0 Å². The Kier molecular flexibility index (Phi) is 4.92. The molecule has 0 heterocycles. The summed E-state index contributed by atoms with van der Waals surface area (Å²) >= 11 is 12.6. The maximum absolute atomic E-state index is 11.6. The number of rotatable bonds is 3. The van der Waals surface area contributed by atoms with Crippen LogP contribution in [0.4, 0.5) is 0 Å². The van der Waals surface area contributed by atoms with Crippen molar-refractivity contribution in [3.8, 4) is 22.3 Å². The lowest BCUT2D eigenvalue weighted by Gasteiger charge is -2.12. The quantitative estimate of drug-likeness (QED) is 0.546. The Morgan fingerprint density at radius 1 is 0.760 bits per heavy atom. The molecule has 0 unspecified atom stereocenters. The molecule has 5 heteroatoms. The van der Waals surface area contributed by atoms with Crippen molar-refractivity contribution >= 4 is 33.0 Å². The van der Waals surface area contributed by atoms with Crippen LogP contribution in [0.1, 0.15) is 5.56 Å². The van der Waals surface area contributed by atoms with Crippen molar-refractivity contribution in [3.63, 3.8) is 0 Å². The van der Waals surface area contributed by atoms with Crippen molar-refractivity contribution in [1.29, 1.82) is 0 Å². The van der Waals surface area contributed by atoms with Gasteiger partial charge in [-0.25, -0.2) is 8.42 Å². The molecule has 0 bridgehead atoms. The summed E-state index contributed by atoms with van der Waals surface area (Å²) in [5, 5.41) is 1.23. The first kappa shape index (κ1) is 18.0. The first-order valence-electron chi connectivity index (χ1n) is 7.63. The zero-order valence-electron chi connectivity index (χ0n) is 13.8. The maximum atomic E-state index is 11.6.